The summed E-state index contributed by atoms with van der Waals surface area (Å²) in [7, 11) is 0. The maximum Gasteiger partial charge on any atom is 0.344 e. The molecule has 0 bridgehead atoms. The van der Waals surface area contributed by atoms with Gasteiger partial charge in [-0.15, -0.1) is 0 Å². The van der Waals surface area contributed by atoms with Crippen molar-refractivity contribution >= 4 is 35.1 Å². The molecule has 10 heteroatoms. The van der Waals surface area contributed by atoms with Crippen LogP contribution in [0.5, 0.6) is 5.75 Å². The van der Waals surface area contributed by atoms with Crippen molar-refractivity contribution in [3.05, 3.63) is 69.2 Å². The topological polar surface area (TPSA) is 125 Å². The third kappa shape index (κ3) is 6.40. The van der Waals surface area contributed by atoms with Crippen LogP contribution >= 0.6 is 11.6 Å². The van der Waals surface area contributed by atoms with E-state index in [0.29, 0.717) is 10.8 Å². The van der Waals surface area contributed by atoms with Crippen LogP contribution in [0.3, 0.4) is 0 Å². The highest BCUT2D eigenvalue weighted by Gasteiger charge is 2.15. The van der Waals surface area contributed by atoms with Crippen molar-refractivity contribution < 1.29 is 28.8 Å². The van der Waals surface area contributed by atoms with Crippen LogP contribution in [0.4, 0.5) is 5.69 Å². The van der Waals surface area contributed by atoms with Crippen LogP contribution in [0.25, 0.3) is 0 Å². The zero-order valence-electron chi connectivity index (χ0n) is 13.7. The first-order chi connectivity index (χ1) is 12.8. The van der Waals surface area contributed by atoms with E-state index in [0.717, 1.165) is 6.07 Å². The van der Waals surface area contributed by atoms with Gasteiger partial charge in [0.2, 0.25) is 0 Å². The molecule has 0 heterocycles. The number of imide groups is 1. The number of hydrogen-bond donors (Lipinski definition) is 1. The number of nitro groups is 1. The Morgan fingerprint density at radius 2 is 1.78 bits per heavy atom. The Balaban J connectivity index is 1.77. The summed E-state index contributed by atoms with van der Waals surface area (Å²) in [5.74, 6) is -2.16. The molecule has 0 aliphatic heterocycles. The van der Waals surface area contributed by atoms with Crippen LogP contribution < -0.4 is 10.1 Å². The number of hydrogen-bond acceptors (Lipinski definition) is 7. The molecular weight excluding hydrogens is 380 g/mol. The lowest BCUT2D eigenvalue weighted by atomic mass is 10.2. The molecule has 27 heavy (non-hydrogen) atoms. The van der Waals surface area contributed by atoms with Gasteiger partial charge in [0.1, 0.15) is 5.75 Å². The van der Waals surface area contributed by atoms with E-state index in [-0.39, 0.29) is 11.3 Å². The number of esters is 1. The van der Waals surface area contributed by atoms with E-state index in [1.165, 1.54) is 18.2 Å². The second-order valence-corrected chi connectivity index (χ2v) is 5.52. The molecule has 2 rings (SSSR count). The highest BCUT2D eigenvalue weighted by atomic mass is 35.5. The number of nitrogens with zero attached hydrogens (tertiary/aromatic N) is 1. The smallest absolute Gasteiger partial charge is 0.344 e. The number of benzene rings is 2. The van der Waals surface area contributed by atoms with E-state index in [4.69, 9.17) is 16.3 Å². The molecule has 2 aromatic carbocycles. The summed E-state index contributed by atoms with van der Waals surface area (Å²) in [5, 5.41) is 13.2. The Morgan fingerprint density at radius 1 is 1.07 bits per heavy atom. The fraction of sp³-hybridized carbons (Fsp3) is 0.118. The molecule has 0 spiro atoms. The quantitative estimate of drug-likeness (QED) is 0.434. The standard InChI is InChI=1S/C17H13ClN2O7/c18-12-4-6-14(7-5-12)26-10-16(22)27-9-15(21)19-17(23)11-2-1-3-13(8-11)20(24)25/h1-8H,9-10H2,(H,19,21,23). The van der Waals surface area contributed by atoms with Crippen LogP contribution in [-0.4, -0.2) is 35.9 Å². The van der Waals surface area contributed by atoms with Crippen molar-refractivity contribution in [1.29, 1.82) is 0 Å². The number of non-ortho nitro benzene ring substituents is 1. The number of amides is 2. The SMILES string of the molecule is O=C(COC(=O)COc1ccc(Cl)cc1)NC(=O)c1cccc([N+](=O)[O-])c1. The molecule has 0 aromatic heterocycles. The van der Waals surface area contributed by atoms with E-state index in [1.54, 1.807) is 24.3 Å². The minimum absolute atomic E-state index is 0.0741. The Hall–Kier alpha value is -3.46. The summed E-state index contributed by atoms with van der Waals surface area (Å²) in [6, 6.07) is 11.1. The Morgan fingerprint density at radius 3 is 2.44 bits per heavy atom. The van der Waals surface area contributed by atoms with Gasteiger partial charge in [-0.05, 0) is 30.3 Å². The third-order valence-corrected chi connectivity index (χ3v) is 3.36. The number of carbonyl (C=O) groups excluding carboxylic acids is 3. The van der Waals surface area contributed by atoms with Gasteiger partial charge in [-0.3, -0.25) is 25.0 Å². The van der Waals surface area contributed by atoms with Gasteiger partial charge in [0.15, 0.2) is 13.2 Å². The number of halogens is 1. The Kier molecular flexibility index (Phi) is 6.84. The van der Waals surface area contributed by atoms with Crippen LogP contribution in [0.15, 0.2) is 48.5 Å². The van der Waals surface area contributed by atoms with E-state index < -0.39 is 35.9 Å². The summed E-state index contributed by atoms with van der Waals surface area (Å²) >= 11 is 5.72. The highest BCUT2D eigenvalue weighted by molar-refractivity contribution is 6.30. The zero-order chi connectivity index (χ0) is 19.8. The second kappa shape index (κ2) is 9.30. The molecule has 0 saturated heterocycles. The normalized spacial score (nSPS) is 9.96. The van der Waals surface area contributed by atoms with Crippen molar-refractivity contribution in [2.45, 2.75) is 0 Å². The van der Waals surface area contributed by atoms with Crippen molar-refractivity contribution in [1.82, 2.24) is 5.32 Å². The van der Waals surface area contributed by atoms with Crippen molar-refractivity contribution in [2.24, 2.45) is 0 Å². The minimum Gasteiger partial charge on any atom is -0.482 e. The van der Waals surface area contributed by atoms with Crippen LogP contribution in [0.2, 0.25) is 5.02 Å². The molecule has 0 atom stereocenters. The monoisotopic (exact) mass is 392 g/mol. The van der Waals surface area contributed by atoms with Gasteiger partial charge in [-0.1, -0.05) is 17.7 Å². The van der Waals surface area contributed by atoms with E-state index in [2.05, 4.69) is 4.74 Å². The molecule has 0 aliphatic rings. The summed E-state index contributed by atoms with van der Waals surface area (Å²) in [4.78, 5) is 45.1. The average Bonchev–Trinajstić information content (AvgIpc) is 2.66. The van der Waals surface area contributed by atoms with E-state index in [9.17, 15) is 24.5 Å². The van der Waals surface area contributed by atoms with Gasteiger partial charge in [-0.2, -0.15) is 0 Å². The number of carbonyl (C=O) groups is 3. The van der Waals surface area contributed by atoms with Crippen molar-refractivity contribution in [3.8, 4) is 5.75 Å². The lowest BCUT2D eigenvalue weighted by Crippen LogP contribution is -2.34. The van der Waals surface area contributed by atoms with Gasteiger partial charge in [-0.25, -0.2) is 4.79 Å². The predicted octanol–water partition coefficient (Wildman–Crippen LogP) is 2.13. The molecule has 2 amide bonds. The van der Waals surface area contributed by atoms with Crippen LogP contribution in [-0.2, 0) is 14.3 Å². The van der Waals surface area contributed by atoms with Gasteiger partial charge >= 0.3 is 5.97 Å². The molecule has 0 saturated carbocycles. The first-order valence-electron chi connectivity index (χ1n) is 7.48. The first-order valence-corrected chi connectivity index (χ1v) is 7.85. The number of nitrogens with one attached hydrogen (secondary N) is 1. The molecule has 0 unspecified atom stereocenters. The maximum absolute atomic E-state index is 11.9. The molecule has 0 radical (unpaired) electrons. The molecule has 1 N–H and O–H groups in total. The van der Waals surface area contributed by atoms with Gasteiger partial charge < -0.3 is 9.47 Å². The maximum atomic E-state index is 11.9. The third-order valence-electron chi connectivity index (χ3n) is 3.11. The van der Waals surface area contributed by atoms with E-state index >= 15 is 0 Å². The second-order valence-electron chi connectivity index (χ2n) is 5.09. The van der Waals surface area contributed by atoms with Crippen LogP contribution in [0.1, 0.15) is 10.4 Å². The average molecular weight is 393 g/mol. The highest BCUT2D eigenvalue weighted by Crippen LogP contribution is 2.15. The number of rotatable bonds is 7. The predicted molar refractivity (Wildman–Crippen MR) is 93.5 cm³/mol. The summed E-state index contributed by atoms with van der Waals surface area (Å²) < 4.78 is 9.83. The minimum atomic E-state index is -0.883. The fourth-order valence-corrected chi connectivity index (χ4v) is 1.98. The molecular formula is C17H13ClN2O7. The lowest BCUT2D eigenvalue weighted by molar-refractivity contribution is -0.384. The van der Waals surface area contributed by atoms with Gasteiger partial charge in [0.25, 0.3) is 17.5 Å². The Bertz CT molecular complexity index is 868. The van der Waals surface area contributed by atoms with Gasteiger partial charge in [0.05, 0.1) is 4.92 Å². The van der Waals surface area contributed by atoms with Gasteiger partial charge in [0, 0.05) is 22.7 Å². The molecule has 140 valence electrons. The molecule has 0 aliphatic carbocycles. The summed E-state index contributed by atoms with van der Waals surface area (Å²) in [5.41, 5.74) is -0.365. The first kappa shape index (κ1) is 19.9. The van der Waals surface area contributed by atoms with E-state index in [1.807, 2.05) is 5.32 Å². The molecule has 2 aromatic rings. The zero-order valence-corrected chi connectivity index (χ0v) is 14.5. The van der Waals surface area contributed by atoms with Crippen molar-refractivity contribution in [3.63, 3.8) is 0 Å². The summed E-state index contributed by atoms with van der Waals surface area (Å²) in [6.07, 6.45) is 0. The fourth-order valence-electron chi connectivity index (χ4n) is 1.86. The lowest BCUT2D eigenvalue weighted by Gasteiger charge is -2.07. The van der Waals surface area contributed by atoms with Crippen molar-refractivity contribution in [2.75, 3.05) is 13.2 Å². The molecule has 9 nitrogen and oxygen atoms in total. The van der Waals surface area contributed by atoms with Crippen LogP contribution in [0, 0.1) is 10.1 Å². The number of ether oxygens (including phenoxy) is 2. The number of nitro benzene ring substituents is 1. The Labute approximate surface area is 158 Å². The largest absolute Gasteiger partial charge is 0.482 e. The summed E-state index contributed by atoms with van der Waals surface area (Å²) in [6.45, 7) is -1.14. The molecule has 0 fully saturated rings.